The van der Waals surface area contributed by atoms with Crippen molar-refractivity contribution in [2.24, 2.45) is 0 Å². The van der Waals surface area contributed by atoms with Crippen molar-refractivity contribution >= 4 is 29.2 Å². The summed E-state index contributed by atoms with van der Waals surface area (Å²) in [5.41, 5.74) is 1.58. The van der Waals surface area contributed by atoms with Gasteiger partial charge in [-0.25, -0.2) is 0 Å². The zero-order chi connectivity index (χ0) is 21.5. The molecule has 6 heteroatoms. The number of benzene rings is 2. The molecule has 2 aromatic carbocycles. The largest absolute Gasteiger partial charge is 0.493 e. The highest BCUT2D eigenvalue weighted by atomic mass is 35.5. The lowest BCUT2D eigenvalue weighted by Gasteiger charge is -2.18. The van der Waals surface area contributed by atoms with Crippen LogP contribution < -0.4 is 9.47 Å². The first-order chi connectivity index (χ1) is 14.5. The average Bonchev–Trinajstić information content (AvgIpc) is 3.26. The number of halogens is 2. The van der Waals surface area contributed by atoms with Gasteiger partial charge in [-0.2, -0.15) is 0 Å². The van der Waals surface area contributed by atoms with E-state index in [4.69, 9.17) is 37.4 Å². The van der Waals surface area contributed by atoms with E-state index in [0.29, 0.717) is 21.5 Å². The van der Waals surface area contributed by atoms with Crippen LogP contribution in [-0.2, 0) is 9.53 Å². The van der Waals surface area contributed by atoms with Gasteiger partial charge in [0.2, 0.25) is 0 Å². The molecule has 0 spiro atoms. The summed E-state index contributed by atoms with van der Waals surface area (Å²) in [5.74, 6) is 6.90. The molecular weight excluding hydrogens is 423 g/mol. The topological polar surface area (TPSA) is 44.8 Å². The number of hydrogen-bond donors (Lipinski definition) is 0. The van der Waals surface area contributed by atoms with Gasteiger partial charge in [0.05, 0.1) is 42.7 Å². The molecule has 0 N–H and O–H groups in total. The molecule has 1 atom stereocenters. The predicted octanol–water partition coefficient (Wildman–Crippen LogP) is 6.02. The fourth-order valence-corrected chi connectivity index (χ4v) is 3.73. The van der Waals surface area contributed by atoms with Gasteiger partial charge in [0.1, 0.15) is 0 Å². The number of hydrogen-bond acceptors (Lipinski definition) is 4. The first-order valence-electron chi connectivity index (χ1n) is 9.88. The Morgan fingerprint density at radius 1 is 1.07 bits per heavy atom. The number of methoxy groups -OCH3 is 2. The van der Waals surface area contributed by atoms with Crippen LogP contribution in [0.3, 0.4) is 0 Å². The van der Waals surface area contributed by atoms with Crippen molar-refractivity contribution in [2.45, 2.75) is 44.1 Å². The number of rotatable bonds is 6. The smallest absolute Gasteiger partial charge is 0.307 e. The third-order valence-electron chi connectivity index (χ3n) is 5.09. The molecule has 0 saturated heterocycles. The summed E-state index contributed by atoms with van der Waals surface area (Å²) < 4.78 is 16.5. The number of carbonyl (C=O) groups is 1. The molecule has 158 valence electrons. The Morgan fingerprint density at radius 3 is 2.50 bits per heavy atom. The summed E-state index contributed by atoms with van der Waals surface area (Å²) in [6, 6.07) is 10.9. The monoisotopic (exact) mass is 446 g/mol. The zero-order valence-corrected chi connectivity index (χ0v) is 18.6. The van der Waals surface area contributed by atoms with Gasteiger partial charge in [0.25, 0.3) is 0 Å². The number of ether oxygens (including phenoxy) is 3. The maximum absolute atomic E-state index is 12.0. The van der Waals surface area contributed by atoms with Gasteiger partial charge in [-0.1, -0.05) is 41.1 Å². The van der Waals surface area contributed by atoms with Gasteiger partial charge in [-0.05, 0) is 61.6 Å². The van der Waals surface area contributed by atoms with Gasteiger partial charge >= 0.3 is 5.97 Å². The van der Waals surface area contributed by atoms with Gasteiger partial charge in [0.15, 0.2) is 11.5 Å². The van der Waals surface area contributed by atoms with Crippen molar-refractivity contribution in [2.75, 3.05) is 14.2 Å². The third kappa shape index (κ3) is 5.84. The lowest BCUT2D eigenvalue weighted by molar-refractivity contribution is -0.140. The second kappa shape index (κ2) is 10.6. The van der Waals surface area contributed by atoms with E-state index >= 15 is 0 Å². The van der Waals surface area contributed by atoms with Crippen molar-refractivity contribution in [3.05, 3.63) is 57.6 Å². The van der Waals surface area contributed by atoms with Crippen LogP contribution in [0.2, 0.25) is 10.0 Å². The summed E-state index contributed by atoms with van der Waals surface area (Å²) in [5, 5.41) is 0.905. The Balaban J connectivity index is 1.91. The average molecular weight is 447 g/mol. The van der Waals surface area contributed by atoms with Crippen LogP contribution in [0.5, 0.6) is 11.5 Å². The standard InChI is InChI=1S/C24H24Cl2O4/c1-28-22-12-10-17(14-23(22)30-19-5-3-4-6-19)18(15-24(27)29-2)9-7-16-8-11-20(25)21(26)13-16/h8,10-14,18-19H,3-6,15H2,1-2H3/t18-/m0/s1. The maximum Gasteiger partial charge on any atom is 0.307 e. The molecule has 4 nitrogen and oxygen atoms in total. The van der Waals surface area contributed by atoms with E-state index in [9.17, 15) is 4.79 Å². The molecule has 0 radical (unpaired) electrons. The summed E-state index contributed by atoms with van der Waals surface area (Å²) in [4.78, 5) is 12.0. The summed E-state index contributed by atoms with van der Waals surface area (Å²) in [6.45, 7) is 0. The van der Waals surface area contributed by atoms with Crippen LogP contribution in [0.4, 0.5) is 0 Å². The SMILES string of the molecule is COC(=O)C[C@H](C#Cc1ccc(Cl)c(Cl)c1)c1ccc(OC)c(OC2CCCC2)c1. The lowest BCUT2D eigenvalue weighted by atomic mass is 9.95. The minimum absolute atomic E-state index is 0.125. The maximum atomic E-state index is 12.0. The Labute approximate surface area is 187 Å². The van der Waals surface area contributed by atoms with Crippen molar-refractivity contribution in [1.29, 1.82) is 0 Å². The minimum Gasteiger partial charge on any atom is -0.493 e. The van der Waals surface area contributed by atoms with E-state index in [1.165, 1.54) is 20.0 Å². The molecule has 0 heterocycles. The fourth-order valence-electron chi connectivity index (χ4n) is 3.43. The molecule has 1 aliphatic carbocycles. The molecule has 1 aliphatic rings. The van der Waals surface area contributed by atoms with Gasteiger partial charge in [-0.15, -0.1) is 0 Å². The molecular formula is C24H24Cl2O4. The highest BCUT2D eigenvalue weighted by Gasteiger charge is 2.21. The molecule has 0 aromatic heterocycles. The molecule has 0 aliphatic heterocycles. The van der Waals surface area contributed by atoms with E-state index in [2.05, 4.69) is 11.8 Å². The van der Waals surface area contributed by atoms with Crippen LogP contribution in [0.1, 0.15) is 49.1 Å². The van der Waals surface area contributed by atoms with Crippen LogP contribution in [0.25, 0.3) is 0 Å². The Kier molecular flexibility index (Phi) is 7.90. The second-order valence-corrected chi connectivity index (χ2v) is 7.98. The number of esters is 1. The summed E-state index contributed by atoms with van der Waals surface area (Å²) in [6.07, 6.45) is 4.74. The molecule has 1 saturated carbocycles. The predicted molar refractivity (Wildman–Crippen MR) is 119 cm³/mol. The first-order valence-corrected chi connectivity index (χ1v) is 10.6. The van der Waals surface area contributed by atoms with E-state index in [1.807, 2.05) is 18.2 Å². The van der Waals surface area contributed by atoms with Crippen molar-refractivity contribution < 1.29 is 19.0 Å². The molecule has 30 heavy (non-hydrogen) atoms. The van der Waals surface area contributed by atoms with Gasteiger partial charge in [-0.3, -0.25) is 4.79 Å². The van der Waals surface area contributed by atoms with Crippen molar-refractivity contribution in [3.8, 4) is 23.3 Å². The molecule has 0 bridgehead atoms. The Bertz CT molecular complexity index is 955. The second-order valence-electron chi connectivity index (χ2n) is 7.17. The van der Waals surface area contributed by atoms with Crippen LogP contribution >= 0.6 is 23.2 Å². The molecule has 1 fully saturated rings. The van der Waals surface area contributed by atoms with Crippen LogP contribution in [0.15, 0.2) is 36.4 Å². The summed E-state index contributed by atoms with van der Waals surface area (Å²) >= 11 is 12.1. The fraction of sp³-hybridized carbons (Fsp3) is 0.375. The minimum atomic E-state index is -0.372. The molecule has 0 unspecified atom stereocenters. The first kappa shape index (κ1) is 22.3. The third-order valence-corrected chi connectivity index (χ3v) is 5.83. The highest BCUT2D eigenvalue weighted by molar-refractivity contribution is 6.42. The lowest BCUT2D eigenvalue weighted by Crippen LogP contribution is -2.12. The van der Waals surface area contributed by atoms with E-state index < -0.39 is 0 Å². The van der Waals surface area contributed by atoms with Crippen molar-refractivity contribution in [1.82, 2.24) is 0 Å². The Morgan fingerprint density at radius 2 is 1.83 bits per heavy atom. The van der Waals surface area contributed by atoms with E-state index in [-0.39, 0.29) is 24.4 Å². The molecule has 2 aromatic rings. The van der Waals surface area contributed by atoms with Crippen molar-refractivity contribution in [3.63, 3.8) is 0 Å². The van der Waals surface area contributed by atoms with E-state index in [1.54, 1.807) is 25.3 Å². The highest BCUT2D eigenvalue weighted by Crippen LogP contribution is 2.35. The normalized spacial score (nSPS) is 14.5. The Hall–Kier alpha value is -2.35. The molecule has 0 amide bonds. The molecule has 3 rings (SSSR count). The van der Waals surface area contributed by atoms with Crippen LogP contribution in [0, 0.1) is 11.8 Å². The summed E-state index contributed by atoms with van der Waals surface area (Å²) in [7, 11) is 2.99. The zero-order valence-electron chi connectivity index (χ0n) is 17.0. The van der Waals surface area contributed by atoms with Gasteiger partial charge in [0, 0.05) is 5.56 Å². The quantitative estimate of drug-likeness (QED) is 0.401. The van der Waals surface area contributed by atoms with Gasteiger partial charge < -0.3 is 14.2 Å². The van der Waals surface area contributed by atoms with E-state index in [0.717, 1.165) is 24.0 Å². The number of carbonyl (C=O) groups excluding carboxylic acids is 1. The van der Waals surface area contributed by atoms with Crippen LogP contribution in [-0.4, -0.2) is 26.3 Å².